The molecule has 0 radical (unpaired) electrons. The van der Waals surface area contributed by atoms with Crippen LogP contribution >= 0.6 is 24.8 Å². The van der Waals surface area contributed by atoms with Crippen molar-refractivity contribution >= 4 is 30.7 Å². The zero-order chi connectivity index (χ0) is 15.7. The van der Waals surface area contributed by atoms with E-state index >= 15 is 0 Å². The largest absolute Gasteiger partial charge is 0.373 e. The van der Waals surface area contributed by atoms with E-state index in [9.17, 15) is 4.79 Å². The number of hydrogen-bond acceptors (Lipinski definition) is 4. The molecule has 3 aliphatic rings. The third-order valence-electron chi connectivity index (χ3n) is 5.53. The maximum absolute atomic E-state index is 12.8. The molecular formula is C17H33Cl2N3O2. The van der Waals surface area contributed by atoms with E-state index in [-0.39, 0.29) is 30.7 Å². The van der Waals surface area contributed by atoms with Crippen molar-refractivity contribution in [3.05, 3.63) is 0 Å². The van der Waals surface area contributed by atoms with Crippen LogP contribution in [0.2, 0.25) is 0 Å². The lowest BCUT2D eigenvalue weighted by molar-refractivity contribution is -0.139. The Morgan fingerprint density at radius 3 is 2.38 bits per heavy atom. The van der Waals surface area contributed by atoms with E-state index in [0.29, 0.717) is 30.1 Å². The van der Waals surface area contributed by atoms with Crippen LogP contribution in [0.25, 0.3) is 0 Å². The van der Waals surface area contributed by atoms with E-state index in [2.05, 4.69) is 35.9 Å². The molecule has 0 aromatic rings. The molecule has 3 fully saturated rings. The normalized spacial score (nSPS) is 32.5. The summed E-state index contributed by atoms with van der Waals surface area (Å²) in [6.07, 6.45) is 2.91. The molecule has 3 aliphatic heterocycles. The minimum atomic E-state index is 0. The minimum absolute atomic E-state index is 0. The van der Waals surface area contributed by atoms with Gasteiger partial charge >= 0.3 is 0 Å². The Morgan fingerprint density at radius 2 is 1.83 bits per heavy atom. The van der Waals surface area contributed by atoms with Gasteiger partial charge in [-0.25, -0.2) is 0 Å². The summed E-state index contributed by atoms with van der Waals surface area (Å²) in [7, 11) is 0. The highest BCUT2D eigenvalue weighted by molar-refractivity contribution is 5.85. The van der Waals surface area contributed by atoms with Crippen molar-refractivity contribution < 1.29 is 9.53 Å². The molecule has 0 saturated carbocycles. The molecule has 1 N–H and O–H groups in total. The van der Waals surface area contributed by atoms with Gasteiger partial charge in [-0.05, 0) is 45.7 Å². The molecule has 4 atom stereocenters. The summed E-state index contributed by atoms with van der Waals surface area (Å²) >= 11 is 0. The van der Waals surface area contributed by atoms with Crippen molar-refractivity contribution in [2.24, 2.45) is 11.8 Å². The van der Waals surface area contributed by atoms with Gasteiger partial charge in [0, 0.05) is 38.1 Å². The second-order valence-corrected chi connectivity index (χ2v) is 7.51. The molecule has 3 heterocycles. The van der Waals surface area contributed by atoms with Gasteiger partial charge in [-0.2, -0.15) is 0 Å². The molecule has 1 amide bonds. The number of amides is 1. The highest BCUT2D eigenvalue weighted by atomic mass is 35.5. The number of carbonyl (C=O) groups is 1. The van der Waals surface area contributed by atoms with Crippen LogP contribution in [0.15, 0.2) is 0 Å². The Bertz CT molecular complexity index is 399. The summed E-state index contributed by atoms with van der Waals surface area (Å²) in [6.45, 7) is 12.4. The van der Waals surface area contributed by atoms with Crippen LogP contribution in [-0.2, 0) is 9.53 Å². The summed E-state index contributed by atoms with van der Waals surface area (Å²) in [4.78, 5) is 17.5. The van der Waals surface area contributed by atoms with Crippen LogP contribution < -0.4 is 5.32 Å². The monoisotopic (exact) mass is 381 g/mol. The lowest BCUT2D eigenvalue weighted by Gasteiger charge is -2.40. The first-order valence-electron chi connectivity index (χ1n) is 8.93. The lowest BCUT2D eigenvalue weighted by atomic mass is 9.88. The molecule has 0 aromatic carbocycles. The molecule has 3 saturated heterocycles. The predicted octanol–water partition coefficient (Wildman–Crippen LogP) is 1.79. The molecule has 7 heteroatoms. The fourth-order valence-electron chi connectivity index (χ4n) is 4.17. The van der Waals surface area contributed by atoms with E-state index in [0.717, 1.165) is 52.1 Å². The van der Waals surface area contributed by atoms with E-state index < -0.39 is 0 Å². The quantitative estimate of drug-likeness (QED) is 0.805. The fourth-order valence-corrected chi connectivity index (χ4v) is 4.17. The van der Waals surface area contributed by atoms with Gasteiger partial charge in [-0.15, -0.1) is 24.8 Å². The van der Waals surface area contributed by atoms with Crippen LogP contribution in [0.5, 0.6) is 0 Å². The standard InChI is InChI=1S/C17H31N3O2.2ClH/c1-12-9-19(10-13(2)22-12)11-16-5-4-6-20(16)17(21)14(3)15-7-18-8-15;;/h12-16,18H,4-11H2,1-3H3;2*1H. The number of hydrogen-bond donors (Lipinski definition) is 1. The average Bonchev–Trinajstić information content (AvgIpc) is 2.82. The molecule has 0 spiro atoms. The molecule has 0 aromatic heterocycles. The molecule has 24 heavy (non-hydrogen) atoms. The highest BCUT2D eigenvalue weighted by Gasteiger charge is 2.37. The van der Waals surface area contributed by atoms with Crippen LogP contribution in [0.1, 0.15) is 33.6 Å². The number of nitrogens with one attached hydrogen (secondary N) is 1. The van der Waals surface area contributed by atoms with Gasteiger partial charge < -0.3 is 15.0 Å². The molecular weight excluding hydrogens is 349 g/mol. The molecule has 0 aliphatic carbocycles. The lowest BCUT2D eigenvalue weighted by Crippen LogP contribution is -2.54. The summed E-state index contributed by atoms with van der Waals surface area (Å²) in [5.41, 5.74) is 0. The zero-order valence-electron chi connectivity index (χ0n) is 15.1. The van der Waals surface area contributed by atoms with Gasteiger partial charge in [0.1, 0.15) is 0 Å². The van der Waals surface area contributed by atoms with Crippen molar-refractivity contribution in [2.45, 2.75) is 51.9 Å². The van der Waals surface area contributed by atoms with Crippen LogP contribution in [0, 0.1) is 11.8 Å². The Kier molecular flexibility index (Phi) is 8.77. The van der Waals surface area contributed by atoms with Gasteiger partial charge in [0.25, 0.3) is 0 Å². The van der Waals surface area contributed by atoms with Crippen molar-refractivity contribution in [3.8, 4) is 0 Å². The highest BCUT2D eigenvalue weighted by Crippen LogP contribution is 2.26. The molecule has 3 rings (SSSR count). The maximum Gasteiger partial charge on any atom is 0.226 e. The fraction of sp³-hybridized carbons (Fsp3) is 0.941. The molecule has 142 valence electrons. The number of rotatable bonds is 4. The molecule has 5 nitrogen and oxygen atoms in total. The first-order valence-corrected chi connectivity index (χ1v) is 8.93. The van der Waals surface area contributed by atoms with E-state index in [4.69, 9.17) is 4.74 Å². The summed E-state index contributed by atoms with van der Waals surface area (Å²) < 4.78 is 5.82. The Labute approximate surface area is 158 Å². The SMILES string of the molecule is CC1CN(CC2CCCN2C(=O)C(C)C2CNC2)CC(C)O1.Cl.Cl. The minimum Gasteiger partial charge on any atom is -0.373 e. The number of ether oxygens (including phenoxy) is 1. The number of morpholine rings is 1. The van der Waals surface area contributed by atoms with Gasteiger partial charge in [-0.1, -0.05) is 6.92 Å². The van der Waals surface area contributed by atoms with Gasteiger partial charge in [-0.3, -0.25) is 9.69 Å². The van der Waals surface area contributed by atoms with Crippen LogP contribution in [0.4, 0.5) is 0 Å². The average molecular weight is 382 g/mol. The third-order valence-corrected chi connectivity index (χ3v) is 5.53. The van der Waals surface area contributed by atoms with Crippen molar-refractivity contribution in [1.82, 2.24) is 15.1 Å². The van der Waals surface area contributed by atoms with E-state index in [1.807, 2.05) is 0 Å². The third kappa shape index (κ3) is 4.98. The number of carbonyl (C=O) groups excluding carboxylic acids is 1. The first-order chi connectivity index (χ1) is 10.5. The van der Waals surface area contributed by atoms with Crippen molar-refractivity contribution in [2.75, 3.05) is 39.3 Å². The zero-order valence-corrected chi connectivity index (χ0v) is 16.7. The Morgan fingerprint density at radius 1 is 1.21 bits per heavy atom. The number of likely N-dealkylation sites (tertiary alicyclic amines) is 1. The topological polar surface area (TPSA) is 44.8 Å². The Balaban J connectivity index is 0.00000144. The number of halogens is 2. The number of nitrogens with zero attached hydrogens (tertiary/aromatic N) is 2. The predicted molar refractivity (Wildman–Crippen MR) is 101 cm³/mol. The first kappa shape index (κ1) is 22.0. The van der Waals surface area contributed by atoms with E-state index in [1.54, 1.807) is 0 Å². The van der Waals surface area contributed by atoms with E-state index in [1.165, 1.54) is 0 Å². The molecule has 0 bridgehead atoms. The van der Waals surface area contributed by atoms with Crippen molar-refractivity contribution in [3.63, 3.8) is 0 Å². The van der Waals surface area contributed by atoms with Crippen LogP contribution in [0.3, 0.4) is 0 Å². The van der Waals surface area contributed by atoms with Crippen LogP contribution in [-0.4, -0.2) is 73.2 Å². The van der Waals surface area contributed by atoms with Gasteiger partial charge in [0.05, 0.1) is 12.2 Å². The van der Waals surface area contributed by atoms with Gasteiger partial charge in [0.15, 0.2) is 0 Å². The summed E-state index contributed by atoms with van der Waals surface area (Å²) in [5.74, 6) is 1.09. The summed E-state index contributed by atoms with van der Waals surface area (Å²) in [5, 5.41) is 3.28. The summed E-state index contributed by atoms with van der Waals surface area (Å²) in [6, 6.07) is 0.403. The second kappa shape index (κ2) is 9.58. The maximum atomic E-state index is 12.8. The Hall–Kier alpha value is -0.0700. The van der Waals surface area contributed by atoms with Crippen molar-refractivity contribution in [1.29, 1.82) is 0 Å². The smallest absolute Gasteiger partial charge is 0.226 e. The second-order valence-electron chi connectivity index (χ2n) is 7.51. The van der Waals surface area contributed by atoms with Gasteiger partial charge in [0.2, 0.25) is 5.91 Å². The molecule has 4 unspecified atom stereocenters.